The number of fused-ring (bicyclic) bond motifs is 1. The maximum atomic E-state index is 11.4. The van der Waals surface area contributed by atoms with Crippen molar-refractivity contribution in [1.29, 1.82) is 0 Å². The number of allylic oxidation sites excluding steroid dienone is 1. The van der Waals surface area contributed by atoms with E-state index >= 15 is 0 Å². The molecular formula is C19H21N5O2. The first kappa shape index (κ1) is 16.5. The second-order valence-corrected chi connectivity index (χ2v) is 6.55. The van der Waals surface area contributed by atoms with Gasteiger partial charge in [-0.3, -0.25) is 4.79 Å². The molecule has 1 amide bonds. The first-order valence-electron chi connectivity index (χ1n) is 8.91. The van der Waals surface area contributed by atoms with Gasteiger partial charge in [-0.1, -0.05) is 13.0 Å². The molecule has 7 heteroatoms. The van der Waals surface area contributed by atoms with Gasteiger partial charge in [-0.15, -0.1) is 10.2 Å². The summed E-state index contributed by atoms with van der Waals surface area (Å²) in [5, 5.41) is 12.3. The lowest BCUT2D eigenvalue weighted by atomic mass is 9.88. The summed E-state index contributed by atoms with van der Waals surface area (Å²) in [6, 6.07) is 2.17. The zero-order valence-corrected chi connectivity index (χ0v) is 14.9. The monoisotopic (exact) mass is 351 g/mol. The fraction of sp³-hybridized carbons (Fsp3) is 0.368. The normalized spacial score (nSPS) is 17.3. The standard InChI is InChI=1S/C19H21N5O2/c1-3-16-23-24-19(26-16)15-10-21-18-17(15)14(7-8-20-18)12-5-4-6-13(9-12)22-11(2)25/h5,7-8,10,13H,3-4,6,9H2,1-2H3,(H,20,21)(H,22,25). The van der Waals surface area contributed by atoms with E-state index in [9.17, 15) is 4.79 Å². The Morgan fingerprint density at radius 2 is 2.27 bits per heavy atom. The number of hydrogen-bond donors (Lipinski definition) is 2. The van der Waals surface area contributed by atoms with Gasteiger partial charge in [-0.25, -0.2) is 4.98 Å². The largest absolute Gasteiger partial charge is 0.421 e. The summed E-state index contributed by atoms with van der Waals surface area (Å²) >= 11 is 0. The van der Waals surface area contributed by atoms with Crippen molar-refractivity contribution in [3.8, 4) is 11.5 Å². The predicted molar refractivity (Wildman–Crippen MR) is 98.2 cm³/mol. The van der Waals surface area contributed by atoms with Gasteiger partial charge in [0.15, 0.2) is 0 Å². The maximum absolute atomic E-state index is 11.4. The van der Waals surface area contributed by atoms with Crippen molar-refractivity contribution in [3.63, 3.8) is 0 Å². The van der Waals surface area contributed by atoms with Gasteiger partial charge in [0.1, 0.15) is 5.65 Å². The van der Waals surface area contributed by atoms with E-state index in [0.29, 0.717) is 18.2 Å². The summed E-state index contributed by atoms with van der Waals surface area (Å²) in [6.07, 6.45) is 9.30. The smallest absolute Gasteiger partial charge is 0.249 e. The van der Waals surface area contributed by atoms with Gasteiger partial charge in [-0.05, 0) is 36.5 Å². The van der Waals surface area contributed by atoms with Crippen LogP contribution in [0.25, 0.3) is 28.1 Å². The Hall–Kier alpha value is -2.96. The second-order valence-electron chi connectivity index (χ2n) is 6.55. The number of nitrogens with one attached hydrogen (secondary N) is 2. The molecule has 7 nitrogen and oxygen atoms in total. The number of nitrogens with zero attached hydrogens (tertiary/aromatic N) is 3. The SMILES string of the molecule is CCc1nnc(-c2c[nH]c3nccc(C4=CCCC(NC(C)=O)C4)c23)o1. The number of H-pyrrole nitrogens is 1. The van der Waals surface area contributed by atoms with E-state index in [1.807, 2.05) is 19.2 Å². The molecular weight excluding hydrogens is 330 g/mol. The molecule has 0 aliphatic heterocycles. The lowest BCUT2D eigenvalue weighted by Gasteiger charge is -2.24. The molecule has 1 unspecified atom stereocenters. The third-order valence-corrected chi connectivity index (χ3v) is 4.70. The van der Waals surface area contributed by atoms with Gasteiger partial charge in [0, 0.05) is 37.2 Å². The quantitative estimate of drug-likeness (QED) is 0.752. The number of pyridine rings is 1. The number of rotatable bonds is 4. The van der Waals surface area contributed by atoms with Crippen LogP contribution in [0.4, 0.5) is 0 Å². The molecule has 0 spiro atoms. The lowest BCUT2D eigenvalue weighted by molar-refractivity contribution is -0.119. The Labute approximate surface area is 150 Å². The fourth-order valence-electron chi connectivity index (χ4n) is 3.54. The number of aromatic nitrogens is 4. The molecule has 1 atom stereocenters. The second kappa shape index (κ2) is 6.74. The molecule has 4 rings (SSSR count). The van der Waals surface area contributed by atoms with Crippen molar-refractivity contribution < 1.29 is 9.21 Å². The molecule has 3 heterocycles. The van der Waals surface area contributed by atoms with Gasteiger partial charge >= 0.3 is 0 Å². The van der Waals surface area contributed by atoms with E-state index in [1.165, 1.54) is 5.57 Å². The average molecular weight is 351 g/mol. The van der Waals surface area contributed by atoms with Crippen LogP contribution in [0.15, 0.2) is 29.0 Å². The summed E-state index contributed by atoms with van der Waals surface area (Å²) in [7, 11) is 0. The highest BCUT2D eigenvalue weighted by Gasteiger charge is 2.22. The molecule has 2 N–H and O–H groups in total. The summed E-state index contributed by atoms with van der Waals surface area (Å²) in [4.78, 5) is 19.1. The van der Waals surface area contributed by atoms with Crippen molar-refractivity contribution >= 4 is 22.5 Å². The molecule has 0 saturated carbocycles. The predicted octanol–water partition coefficient (Wildman–Crippen LogP) is 3.25. The minimum Gasteiger partial charge on any atom is -0.421 e. The minimum atomic E-state index is 0.0106. The number of aryl methyl sites for hydroxylation is 1. The topological polar surface area (TPSA) is 96.7 Å². The molecule has 1 aliphatic rings. The van der Waals surface area contributed by atoms with Crippen LogP contribution >= 0.6 is 0 Å². The van der Waals surface area contributed by atoms with Crippen LogP contribution in [0.1, 0.15) is 44.6 Å². The number of carbonyl (C=O) groups excluding carboxylic acids is 1. The Morgan fingerprint density at radius 3 is 3.04 bits per heavy atom. The van der Waals surface area contributed by atoms with E-state index in [-0.39, 0.29) is 11.9 Å². The molecule has 0 radical (unpaired) electrons. The van der Waals surface area contributed by atoms with Crippen LogP contribution in [0.2, 0.25) is 0 Å². The molecule has 1 aliphatic carbocycles. The van der Waals surface area contributed by atoms with Crippen LogP contribution in [0.5, 0.6) is 0 Å². The van der Waals surface area contributed by atoms with E-state index in [2.05, 4.69) is 31.6 Å². The molecule has 3 aromatic heterocycles. The number of amides is 1. The zero-order chi connectivity index (χ0) is 18.1. The van der Waals surface area contributed by atoms with Crippen LogP contribution in [0.3, 0.4) is 0 Å². The lowest BCUT2D eigenvalue weighted by Crippen LogP contribution is -2.34. The fourth-order valence-corrected chi connectivity index (χ4v) is 3.54. The maximum Gasteiger partial charge on any atom is 0.249 e. The molecule has 0 bridgehead atoms. The van der Waals surface area contributed by atoms with Crippen LogP contribution in [-0.2, 0) is 11.2 Å². The molecule has 0 aromatic carbocycles. The first-order chi connectivity index (χ1) is 12.7. The molecule has 3 aromatic rings. The summed E-state index contributed by atoms with van der Waals surface area (Å²) in [5.41, 5.74) is 3.95. The van der Waals surface area contributed by atoms with Crippen LogP contribution in [-0.4, -0.2) is 32.1 Å². The van der Waals surface area contributed by atoms with Crippen molar-refractivity contribution in [2.24, 2.45) is 0 Å². The van der Waals surface area contributed by atoms with Gasteiger partial charge < -0.3 is 14.7 Å². The Morgan fingerprint density at radius 1 is 1.38 bits per heavy atom. The Balaban J connectivity index is 1.77. The summed E-state index contributed by atoms with van der Waals surface area (Å²) in [6.45, 7) is 3.54. The van der Waals surface area contributed by atoms with Crippen molar-refractivity contribution in [2.75, 3.05) is 0 Å². The highest BCUT2D eigenvalue weighted by atomic mass is 16.4. The number of hydrogen-bond acceptors (Lipinski definition) is 5. The Kier molecular flexibility index (Phi) is 4.28. The minimum absolute atomic E-state index is 0.0106. The van der Waals surface area contributed by atoms with Gasteiger partial charge in [0.2, 0.25) is 17.7 Å². The van der Waals surface area contributed by atoms with Crippen LogP contribution < -0.4 is 5.32 Å². The zero-order valence-electron chi connectivity index (χ0n) is 14.9. The molecule has 0 fully saturated rings. The van der Waals surface area contributed by atoms with Crippen molar-refractivity contribution in [2.45, 2.75) is 45.6 Å². The Bertz CT molecular complexity index is 985. The number of carbonyl (C=O) groups is 1. The molecule has 0 saturated heterocycles. The molecule has 26 heavy (non-hydrogen) atoms. The van der Waals surface area contributed by atoms with Gasteiger partial charge in [-0.2, -0.15) is 0 Å². The van der Waals surface area contributed by atoms with Crippen LogP contribution in [0, 0.1) is 0 Å². The number of aromatic amines is 1. The summed E-state index contributed by atoms with van der Waals surface area (Å²) in [5.74, 6) is 1.12. The van der Waals surface area contributed by atoms with E-state index in [0.717, 1.165) is 41.4 Å². The third-order valence-electron chi connectivity index (χ3n) is 4.70. The van der Waals surface area contributed by atoms with Gasteiger partial charge in [0.25, 0.3) is 0 Å². The summed E-state index contributed by atoms with van der Waals surface area (Å²) < 4.78 is 5.75. The van der Waals surface area contributed by atoms with Crippen molar-refractivity contribution in [3.05, 3.63) is 36.0 Å². The first-order valence-corrected chi connectivity index (χ1v) is 8.91. The van der Waals surface area contributed by atoms with Crippen molar-refractivity contribution in [1.82, 2.24) is 25.5 Å². The highest BCUT2D eigenvalue weighted by molar-refractivity contribution is 6.00. The van der Waals surface area contributed by atoms with E-state index < -0.39 is 0 Å². The van der Waals surface area contributed by atoms with E-state index in [4.69, 9.17) is 4.42 Å². The third kappa shape index (κ3) is 3.00. The average Bonchev–Trinajstić information content (AvgIpc) is 3.27. The molecule has 134 valence electrons. The van der Waals surface area contributed by atoms with E-state index in [1.54, 1.807) is 13.1 Å². The highest BCUT2D eigenvalue weighted by Crippen LogP contribution is 2.36. The van der Waals surface area contributed by atoms with Gasteiger partial charge in [0.05, 0.1) is 5.56 Å².